The lowest BCUT2D eigenvalue weighted by molar-refractivity contribution is -0.388. The van der Waals surface area contributed by atoms with E-state index in [1.54, 1.807) is 0 Å². The van der Waals surface area contributed by atoms with Gasteiger partial charge in [0, 0.05) is 5.56 Å². The van der Waals surface area contributed by atoms with Gasteiger partial charge in [-0.15, -0.1) is 0 Å². The zero-order chi connectivity index (χ0) is 12.6. The fourth-order valence-corrected chi connectivity index (χ4v) is 1.23. The number of rotatable bonds is 2. The van der Waals surface area contributed by atoms with Crippen LogP contribution in [0, 0.1) is 34.5 Å². The average Bonchev–Trinajstić information content (AvgIpc) is 2.13. The Bertz CT molecular complexity index is 460. The molecule has 5 nitrogen and oxygen atoms in total. The maximum atomic E-state index is 13.0. The van der Waals surface area contributed by atoms with Gasteiger partial charge in [0.15, 0.2) is 5.82 Å². The summed E-state index contributed by atoms with van der Waals surface area (Å²) in [4.78, 5) is 19.6. The third-order valence-electron chi connectivity index (χ3n) is 1.94. The second-order valence-electron chi connectivity index (χ2n) is 2.85. The first-order valence-corrected chi connectivity index (χ1v) is 3.83. The van der Waals surface area contributed by atoms with E-state index in [1.165, 1.54) is 0 Å². The van der Waals surface area contributed by atoms with E-state index < -0.39 is 45.2 Å². The summed E-state index contributed by atoms with van der Waals surface area (Å²) in [5.74, 6) is -8.04. The van der Waals surface area contributed by atoms with Gasteiger partial charge in [-0.2, -0.15) is 4.39 Å². The number of halogens is 3. The number of hydrogen-bond acceptors (Lipinski definition) is 3. The van der Waals surface area contributed by atoms with Crippen molar-refractivity contribution < 1.29 is 28.0 Å². The van der Waals surface area contributed by atoms with Gasteiger partial charge in [-0.25, -0.2) is 13.6 Å². The lowest BCUT2D eigenvalue weighted by atomic mass is 10.1. The molecule has 0 saturated carbocycles. The highest BCUT2D eigenvalue weighted by Gasteiger charge is 2.32. The minimum absolute atomic E-state index is 0.770. The van der Waals surface area contributed by atoms with E-state index in [9.17, 15) is 28.1 Å². The third-order valence-corrected chi connectivity index (χ3v) is 1.94. The number of nitro benzene ring substituents is 1. The first-order chi connectivity index (χ1) is 7.29. The molecular formula is C8H4F3NO4. The molecule has 8 heteroatoms. The van der Waals surface area contributed by atoms with E-state index in [4.69, 9.17) is 5.11 Å². The molecule has 1 rings (SSSR count). The molecule has 1 N–H and O–H groups in total. The van der Waals surface area contributed by atoms with Crippen molar-refractivity contribution in [3.8, 4) is 0 Å². The molecule has 0 amide bonds. The molecule has 0 bridgehead atoms. The number of nitro groups is 1. The quantitative estimate of drug-likeness (QED) is 0.483. The Kier molecular flexibility index (Phi) is 2.84. The van der Waals surface area contributed by atoms with Crippen LogP contribution in [0.4, 0.5) is 18.9 Å². The highest BCUT2D eigenvalue weighted by Crippen LogP contribution is 2.30. The molecule has 0 heterocycles. The maximum absolute atomic E-state index is 13.0. The minimum atomic E-state index is -2.17. The van der Waals surface area contributed by atoms with Crippen molar-refractivity contribution in [1.82, 2.24) is 0 Å². The molecule has 0 aliphatic carbocycles. The number of carboxylic acid groups (broad SMARTS) is 1. The molecule has 1 aromatic rings. The van der Waals surface area contributed by atoms with Crippen molar-refractivity contribution in [2.45, 2.75) is 6.92 Å². The van der Waals surface area contributed by atoms with Gasteiger partial charge in [-0.3, -0.25) is 10.1 Å². The lowest BCUT2D eigenvalue weighted by Crippen LogP contribution is -2.11. The predicted octanol–water partition coefficient (Wildman–Crippen LogP) is 2.02. The number of carboxylic acids is 1. The smallest absolute Gasteiger partial charge is 0.339 e. The van der Waals surface area contributed by atoms with E-state index in [2.05, 4.69) is 0 Å². The summed E-state index contributed by atoms with van der Waals surface area (Å²) in [5, 5.41) is 18.9. The van der Waals surface area contributed by atoms with Crippen molar-refractivity contribution in [3.63, 3.8) is 0 Å². The van der Waals surface area contributed by atoms with E-state index in [0.29, 0.717) is 0 Å². The van der Waals surface area contributed by atoms with Crippen LogP contribution in [0.15, 0.2) is 0 Å². The van der Waals surface area contributed by atoms with E-state index in [1.807, 2.05) is 0 Å². The number of benzene rings is 1. The highest BCUT2D eigenvalue weighted by molar-refractivity contribution is 5.91. The molecular weight excluding hydrogens is 231 g/mol. The van der Waals surface area contributed by atoms with Crippen LogP contribution in [0.2, 0.25) is 0 Å². The van der Waals surface area contributed by atoms with Crippen LogP contribution in [0.25, 0.3) is 0 Å². The zero-order valence-corrected chi connectivity index (χ0v) is 7.75. The van der Waals surface area contributed by atoms with Crippen molar-refractivity contribution in [2.75, 3.05) is 0 Å². The van der Waals surface area contributed by atoms with Crippen LogP contribution < -0.4 is 0 Å². The largest absolute Gasteiger partial charge is 0.478 e. The Labute approximate surface area is 86.3 Å². The van der Waals surface area contributed by atoms with Crippen LogP contribution in [0.1, 0.15) is 15.9 Å². The van der Waals surface area contributed by atoms with E-state index >= 15 is 0 Å². The van der Waals surface area contributed by atoms with Gasteiger partial charge in [0.05, 0.1) is 4.92 Å². The molecule has 0 aliphatic rings. The molecule has 0 unspecified atom stereocenters. The summed E-state index contributed by atoms with van der Waals surface area (Å²) in [5.41, 5.74) is -3.39. The molecule has 0 aromatic heterocycles. The van der Waals surface area contributed by atoms with E-state index in [0.717, 1.165) is 6.92 Å². The van der Waals surface area contributed by atoms with Gasteiger partial charge in [-0.05, 0) is 6.92 Å². The molecule has 0 saturated heterocycles. The highest BCUT2D eigenvalue weighted by atomic mass is 19.2. The molecule has 0 radical (unpaired) electrons. The predicted molar refractivity (Wildman–Crippen MR) is 44.7 cm³/mol. The summed E-state index contributed by atoms with van der Waals surface area (Å²) < 4.78 is 38.8. The second kappa shape index (κ2) is 3.80. The molecule has 0 fully saturated rings. The second-order valence-corrected chi connectivity index (χ2v) is 2.85. The standard InChI is InChI=1S/C8H4F3NO4/c1-2-3(8(13)14)4(9)5(10)6(11)7(2)12(15)16/h1H3,(H,13,14). The Morgan fingerprint density at radius 3 is 2.12 bits per heavy atom. The third kappa shape index (κ3) is 1.58. The number of hydrogen-bond donors (Lipinski definition) is 1. The van der Waals surface area contributed by atoms with Gasteiger partial charge in [-0.1, -0.05) is 0 Å². The van der Waals surface area contributed by atoms with Crippen LogP contribution in [-0.2, 0) is 0 Å². The van der Waals surface area contributed by atoms with Crippen molar-refractivity contribution in [2.24, 2.45) is 0 Å². The summed E-state index contributed by atoms with van der Waals surface area (Å²) >= 11 is 0. The lowest BCUT2D eigenvalue weighted by Gasteiger charge is -2.05. The molecule has 0 spiro atoms. The van der Waals surface area contributed by atoms with E-state index in [-0.39, 0.29) is 0 Å². The normalized spacial score (nSPS) is 10.2. The van der Waals surface area contributed by atoms with Crippen LogP contribution in [0.5, 0.6) is 0 Å². The molecule has 86 valence electrons. The zero-order valence-electron chi connectivity index (χ0n) is 7.75. The Hall–Kier alpha value is -2.12. The van der Waals surface area contributed by atoms with Gasteiger partial charge in [0.25, 0.3) is 0 Å². The molecule has 0 atom stereocenters. The van der Waals surface area contributed by atoms with Crippen LogP contribution >= 0.6 is 0 Å². The van der Waals surface area contributed by atoms with Crippen molar-refractivity contribution in [3.05, 3.63) is 38.7 Å². The number of carbonyl (C=O) groups is 1. The Balaban J connectivity index is 3.80. The fraction of sp³-hybridized carbons (Fsp3) is 0.125. The minimum Gasteiger partial charge on any atom is -0.478 e. The monoisotopic (exact) mass is 235 g/mol. The SMILES string of the molecule is Cc1c(C(=O)O)c(F)c(F)c(F)c1[N+](=O)[O-]. The molecule has 1 aromatic carbocycles. The molecule has 16 heavy (non-hydrogen) atoms. The Morgan fingerprint density at radius 1 is 1.25 bits per heavy atom. The van der Waals surface area contributed by atoms with Crippen LogP contribution in [-0.4, -0.2) is 16.0 Å². The van der Waals surface area contributed by atoms with Crippen LogP contribution in [0.3, 0.4) is 0 Å². The average molecular weight is 235 g/mol. The van der Waals surface area contributed by atoms with Crippen molar-refractivity contribution in [1.29, 1.82) is 0 Å². The first-order valence-electron chi connectivity index (χ1n) is 3.83. The summed E-state index contributed by atoms with van der Waals surface area (Å²) in [6.45, 7) is 0.827. The summed E-state index contributed by atoms with van der Waals surface area (Å²) in [6.07, 6.45) is 0. The maximum Gasteiger partial charge on any atom is 0.339 e. The van der Waals surface area contributed by atoms with Crippen molar-refractivity contribution >= 4 is 11.7 Å². The molecule has 0 aliphatic heterocycles. The topological polar surface area (TPSA) is 80.4 Å². The summed E-state index contributed by atoms with van der Waals surface area (Å²) in [6, 6.07) is 0. The first kappa shape index (κ1) is 12.0. The fourth-order valence-electron chi connectivity index (χ4n) is 1.23. The summed E-state index contributed by atoms with van der Waals surface area (Å²) in [7, 11) is 0. The van der Waals surface area contributed by atoms with Gasteiger partial charge in [0.2, 0.25) is 11.6 Å². The van der Waals surface area contributed by atoms with Gasteiger partial charge < -0.3 is 5.11 Å². The van der Waals surface area contributed by atoms with Gasteiger partial charge >= 0.3 is 11.7 Å². The van der Waals surface area contributed by atoms with Gasteiger partial charge in [0.1, 0.15) is 5.56 Å². The Morgan fingerprint density at radius 2 is 1.75 bits per heavy atom. The number of nitrogens with zero attached hydrogens (tertiary/aromatic N) is 1. The number of aromatic carboxylic acids is 1.